The molecule has 0 aliphatic carbocycles. The van der Waals surface area contributed by atoms with Crippen molar-refractivity contribution >= 4 is 16.6 Å². The Balaban J connectivity index is 1.82. The summed E-state index contributed by atoms with van der Waals surface area (Å²) in [6, 6.07) is 15.3. The molecule has 24 heavy (non-hydrogen) atoms. The standard InChI is InChI=1S/C19H21N3O2/c1-3-24-12-14-7-6-8-15(11-14)20-13(2)18-21-17-10-5-4-9-16(17)19(23)22-18/h4-11,13,20H,3,12H2,1-2H3,(H,21,22,23). The highest BCUT2D eigenvalue weighted by Gasteiger charge is 2.11. The fourth-order valence-corrected chi connectivity index (χ4v) is 2.60. The molecule has 0 aliphatic heterocycles. The number of anilines is 1. The van der Waals surface area contributed by atoms with Crippen LogP contribution in [-0.4, -0.2) is 16.6 Å². The fourth-order valence-electron chi connectivity index (χ4n) is 2.60. The quantitative estimate of drug-likeness (QED) is 0.727. The van der Waals surface area contributed by atoms with Crippen molar-refractivity contribution in [3.63, 3.8) is 0 Å². The van der Waals surface area contributed by atoms with Crippen LogP contribution in [0.1, 0.15) is 31.3 Å². The lowest BCUT2D eigenvalue weighted by Crippen LogP contribution is -2.17. The van der Waals surface area contributed by atoms with Gasteiger partial charge in [0.2, 0.25) is 0 Å². The molecule has 1 atom stereocenters. The summed E-state index contributed by atoms with van der Waals surface area (Å²) in [4.78, 5) is 19.6. The highest BCUT2D eigenvalue weighted by Crippen LogP contribution is 2.19. The minimum absolute atomic E-state index is 0.116. The summed E-state index contributed by atoms with van der Waals surface area (Å²) in [6.45, 7) is 5.23. The SMILES string of the molecule is CCOCc1cccc(NC(C)c2nc3ccccc3c(=O)[nH]2)c1. The Kier molecular flexibility index (Phi) is 4.91. The van der Waals surface area contributed by atoms with Gasteiger partial charge in [-0.1, -0.05) is 24.3 Å². The van der Waals surface area contributed by atoms with E-state index in [-0.39, 0.29) is 11.6 Å². The summed E-state index contributed by atoms with van der Waals surface area (Å²) in [5, 5.41) is 3.98. The van der Waals surface area contributed by atoms with Gasteiger partial charge in [-0.3, -0.25) is 4.79 Å². The van der Waals surface area contributed by atoms with Crippen molar-refractivity contribution in [1.82, 2.24) is 9.97 Å². The molecule has 0 radical (unpaired) electrons. The first kappa shape index (κ1) is 16.2. The van der Waals surface area contributed by atoms with Gasteiger partial charge in [0.15, 0.2) is 0 Å². The molecule has 3 rings (SSSR count). The van der Waals surface area contributed by atoms with Gasteiger partial charge in [0, 0.05) is 12.3 Å². The lowest BCUT2D eigenvalue weighted by atomic mass is 10.2. The van der Waals surface area contributed by atoms with Crippen LogP contribution in [0.15, 0.2) is 53.3 Å². The highest BCUT2D eigenvalue weighted by atomic mass is 16.5. The maximum absolute atomic E-state index is 12.2. The zero-order valence-corrected chi connectivity index (χ0v) is 13.9. The van der Waals surface area contributed by atoms with E-state index >= 15 is 0 Å². The Labute approximate surface area is 140 Å². The van der Waals surface area contributed by atoms with Gasteiger partial charge in [-0.25, -0.2) is 4.98 Å². The van der Waals surface area contributed by atoms with Gasteiger partial charge < -0.3 is 15.0 Å². The molecular weight excluding hydrogens is 302 g/mol. The number of benzene rings is 2. The topological polar surface area (TPSA) is 67.0 Å². The van der Waals surface area contributed by atoms with Gasteiger partial charge in [-0.05, 0) is 43.7 Å². The molecule has 1 aromatic heterocycles. The molecule has 0 aliphatic rings. The minimum Gasteiger partial charge on any atom is -0.377 e. The highest BCUT2D eigenvalue weighted by molar-refractivity contribution is 5.77. The van der Waals surface area contributed by atoms with Crippen LogP contribution >= 0.6 is 0 Å². The van der Waals surface area contributed by atoms with Crippen molar-refractivity contribution in [1.29, 1.82) is 0 Å². The molecule has 124 valence electrons. The lowest BCUT2D eigenvalue weighted by molar-refractivity contribution is 0.134. The molecule has 2 N–H and O–H groups in total. The summed E-state index contributed by atoms with van der Waals surface area (Å²) in [5.41, 5.74) is 2.66. The number of hydrogen-bond acceptors (Lipinski definition) is 4. The summed E-state index contributed by atoms with van der Waals surface area (Å²) >= 11 is 0. The summed E-state index contributed by atoms with van der Waals surface area (Å²) in [5.74, 6) is 0.619. The number of H-pyrrole nitrogens is 1. The number of nitrogens with one attached hydrogen (secondary N) is 2. The van der Waals surface area contributed by atoms with E-state index in [9.17, 15) is 4.79 Å². The smallest absolute Gasteiger partial charge is 0.258 e. The first-order valence-corrected chi connectivity index (χ1v) is 8.09. The number of para-hydroxylation sites is 1. The zero-order chi connectivity index (χ0) is 16.9. The van der Waals surface area contributed by atoms with Gasteiger partial charge >= 0.3 is 0 Å². The number of rotatable bonds is 6. The molecule has 0 spiro atoms. The number of aromatic nitrogens is 2. The van der Waals surface area contributed by atoms with E-state index in [0.29, 0.717) is 29.9 Å². The molecule has 2 aromatic carbocycles. The number of nitrogens with zero attached hydrogens (tertiary/aromatic N) is 1. The van der Waals surface area contributed by atoms with Crippen LogP contribution in [0.5, 0.6) is 0 Å². The van der Waals surface area contributed by atoms with Crippen LogP contribution < -0.4 is 10.9 Å². The van der Waals surface area contributed by atoms with E-state index in [2.05, 4.69) is 15.3 Å². The number of aromatic amines is 1. The molecular formula is C19H21N3O2. The first-order valence-electron chi connectivity index (χ1n) is 8.09. The molecule has 0 amide bonds. The van der Waals surface area contributed by atoms with E-state index < -0.39 is 0 Å². The largest absolute Gasteiger partial charge is 0.377 e. The first-order chi connectivity index (χ1) is 11.7. The molecule has 3 aromatic rings. The average Bonchev–Trinajstić information content (AvgIpc) is 2.60. The Morgan fingerprint density at radius 3 is 2.88 bits per heavy atom. The molecule has 0 saturated carbocycles. The summed E-state index contributed by atoms with van der Waals surface area (Å²) < 4.78 is 5.44. The van der Waals surface area contributed by atoms with Crippen molar-refractivity contribution in [2.75, 3.05) is 11.9 Å². The van der Waals surface area contributed by atoms with Crippen molar-refractivity contribution in [3.8, 4) is 0 Å². The Hall–Kier alpha value is -2.66. The van der Waals surface area contributed by atoms with E-state index in [4.69, 9.17) is 4.74 Å². The Bertz CT molecular complexity index is 889. The maximum atomic E-state index is 12.2. The molecule has 0 fully saturated rings. The van der Waals surface area contributed by atoms with E-state index in [1.165, 1.54) is 0 Å². The van der Waals surface area contributed by atoms with Crippen molar-refractivity contribution < 1.29 is 4.74 Å². The van der Waals surface area contributed by atoms with Gasteiger partial charge in [-0.15, -0.1) is 0 Å². The molecule has 5 nitrogen and oxygen atoms in total. The Morgan fingerprint density at radius 1 is 1.21 bits per heavy atom. The second kappa shape index (κ2) is 7.27. The van der Waals surface area contributed by atoms with Crippen molar-refractivity contribution in [3.05, 3.63) is 70.3 Å². The number of fused-ring (bicyclic) bond motifs is 1. The third-order valence-electron chi connectivity index (χ3n) is 3.82. The van der Waals surface area contributed by atoms with Gasteiger partial charge in [0.25, 0.3) is 5.56 Å². The second-order valence-electron chi connectivity index (χ2n) is 5.67. The number of hydrogen-bond donors (Lipinski definition) is 2. The van der Waals surface area contributed by atoms with Gasteiger partial charge in [0.05, 0.1) is 23.6 Å². The van der Waals surface area contributed by atoms with Crippen molar-refractivity contribution in [2.45, 2.75) is 26.5 Å². The van der Waals surface area contributed by atoms with Crippen molar-refractivity contribution in [2.24, 2.45) is 0 Å². The van der Waals surface area contributed by atoms with Crippen LogP contribution in [-0.2, 0) is 11.3 Å². The van der Waals surface area contributed by atoms with Crippen LogP contribution in [0.25, 0.3) is 10.9 Å². The third kappa shape index (κ3) is 3.63. The second-order valence-corrected chi connectivity index (χ2v) is 5.67. The summed E-state index contributed by atoms with van der Waals surface area (Å²) in [7, 11) is 0. The lowest BCUT2D eigenvalue weighted by Gasteiger charge is -2.15. The van der Waals surface area contributed by atoms with Crippen LogP contribution in [0.3, 0.4) is 0 Å². The molecule has 5 heteroatoms. The number of ether oxygens (including phenoxy) is 1. The monoisotopic (exact) mass is 323 g/mol. The summed E-state index contributed by atoms with van der Waals surface area (Å²) in [6.07, 6.45) is 0. The zero-order valence-electron chi connectivity index (χ0n) is 13.9. The molecule has 1 heterocycles. The third-order valence-corrected chi connectivity index (χ3v) is 3.82. The fraction of sp³-hybridized carbons (Fsp3) is 0.263. The molecule has 1 unspecified atom stereocenters. The average molecular weight is 323 g/mol. The van der Waals surface area contributed by atoms with E-state index in [1.54, 1.807) is 6.07 Å². The van der Waals surface area contributed by atoms with Crippen LogP contribution in [0.4, 0.5) is 5.69 Å². The van der Waals surface area contributed by atoms with Gasteiger partial charge in [-0.2, -0.15) is 0 Å². The maximum Gasteiger partial charge on any atom is 0.258 e. The minimum atomic E-state index is -0.121. The van der Waals surface area contributed by atoms with Crippen LogP contribution in [0.2, 0.25) is 0 Å². The van der Waals surface area contributed by atoms with E-state index in [0.717, 1.165) is 11.3 Å². The van der Waals surface area contributed by atoms with Crippen LogP contribution in [0, 0.1) is 0 Å². The molecule has 0 saturated heterocycles. The predicted octanol–water partition coefficient (Wildman–Crippen LogP) is 3.63. The molecule has 0 bridgehead atoms. The predicted molar refractivity (Wildman–Crippen MR) is 96.2 cm³/mol. The van der Waals surface area contributed by atoms with E-state index in [1.807, 2.05) is 56.3 Å². The Morgan fingerprint density at radius 2 is 2.04 bits per heavy atom. The van der Waals surface area contributed by atoms with Gasteiger partial charge in [0.1, 0.15) is 5.82 Å². The normalized spacial score (nSPS) is 12.2.